The van der Waals surface area contributed by atoms with Gasteiger partial charge < -0.3 is 25.5 Å². The zero-order valence-electron chi connectivity index (χ0n) is 21.8. The lowest BCUT2D eigenvalue weighted by Crippen LogP contribution is -2.72. The molecule has 0 spiro atoms. The summed E-state index contributed by atoms with van der Waals surface area (Å²) < 4.78 is 0. The van der Waals surface area contributed by atoms with Crippen LogP contribution in [0.2, 0.25) is 0 Å². The van der Waals surface area contributed by atoms with Gasteiger partial charge in [0.1, 0.15) is 5.60 Å². The molecule has 0 aliphatic heterocycles. The Kier molecular flexibility index (Phi) is 6.62. The average molecular weight is 467 g/mol. The van der Waals surface area contributed by atoms with Gasteiger partial charge in [-0.05, 0) is 99.7 Å². The Morgan fingerprint density at radius 3 is 2.21 bits per heavy atom. The molecule has 5 heteroatoms. The number of aliphatic hydroxyl groups excluding tert-OH is 3. The molecule has 4 fully saturated rings. The van der Waals surface area contributed by atoms with Crippen molar-refractivity contribution in [1.82, 2.24) is 0 Å². The Morgan fingerprint density at radius 1 is 0.909 bits per heavy atom. The molecule has 5 N–H and O–H groups in total. The van der Waals surface area contributed by atoms with Gasteiger partial charge in [-0.1, -0.05) is 34.1 Å². The third kappa shape index (κ3) is 3.84. The summed E-state index contributed by atoms with van der Waals surface area (Å²) in [7, 11) is 0. The van der Waals surface area contributed by atoms with Gasteiger partial charge in [-0.2, -0.15) is 0 Å². The van der Waals surface area contributed by atoms with Crippen LogP contribution < -0.4 is 0 Å². The van der Waals surface area contributed by atoms with Crippen molar-refractivity contribution in [2.75, 3.05) is 0 Å². The van der Waals surface area contributed by atoms with Crippen LogP contribution in [0.4, 0.5) is 0 Å². The Morgan fingerprint density at radius 2 is 1.58 bits per heavy atom. The molecular formula is C28H50O5. The molecule has 0 aromatic heterocycles. The van der Waals surface area contributed by atoms with Crippen molar-refractivity contribution >= 4 is 0 Å². The summed E-state index contributed by atoms with van der Waals surface area (Å²) in [6.45, 7) is 12.8. The van der Waals surface area contributed by atoms with Crippen molar-refractivity contribution < 1.29 is 25.5 Å². The standard InChI is InChI=1S/C28H50O5/c1-16(7-8-17(2)25(3,4)32)20-9-10-21-19-14-24(31)28(33)15-18(29)13-23(30)27(28,6)22(19)11-12-26(20,21)5/h16-24,29-33H,7-15H2,1-6H3/t16-,17+,18+,19+,20-,21+,22+,23-,24-,26-,27+,28+/m1/s1. The highest BCUT2D eigenvalue weighted by Crippen LogP contribution is 2.69. The third-order valence-corrected chi connectivity index (χ3v) is 11.9. The lowest BCUT2D eigenvalue weighted by atomic mass is 9.41. The molecule has 4 aliphatic rings. The van der Waals surface area contributed by atoms with Gasteiger partial charge in [-0.15, -0.1) is 0 Å². The summed E-state index contributed by atoms with van der Waals surface area (Å²) in [6, 6.07) is 0. The van der Waals surface area contributed by atoms with Crippen LogP contribution in [0.15, 0.2) is 0 Å². The van der Waals surface area contributed by atoms with E-state index in [9.17, 15) is 25.5 Å². The van der Waals surface area contributed by atoms with Gasteiger partial charge in [0.15, 0.2) is 0 Å². The van der Waals surface area contributed by atoms with Crippen LogP contribution in [0.25, 0.3) is 0 Å². The Hall–Kier alpha value is -0.200. The zero-order chi connectivity index (χ0) is 24.6. The third-order valence-electron chi connectivity index (χ3n) is 11.9. The summed E-state index contributed by atoms with van der Waals surface area (Å²) in [5.41, 5.74) is -2.61. The molecule has 0 aromatic carbocycles. The summed E-state index contributed by atoms with van der Waals surface area (Å²) in [5, 5.41) is 54.6. The van der Waals surface area contributed by atoms with E-state index in [1.54, 1.807) is 0 Å². The van der Waals surface area contributed by atoms with Gasteiger partial charge >= 0.3 is 0 Å². The van der Waals surface area contributed by atoms with Gasteiger partial charge in [-0.3, -0.25) is 0 Å². The lowest BCUT2D eigenvalue weighted by Gasteiger charge is -2.66. The highest BCUT2D eigenvalue weighted by atomic mass is 16.4. The molecule has 192 valence electrons. The zero-order valence-corrected chi connectivity index (χ0v) is 21.8. The molecule has 0 aromatic rings. The lowest BCUT2D eigenvalue weighted by molar-refractivity contribution is -0.294. The molecular weight excluding hydrogens is 416 g/mol. The van der Waals surface area contributed by atoms with Gasteiger partial charge in [-0.25, -0.2) is 0 Å². The van der Waals surface area contributed by atoms with E-state index in [1.165, 1.54) is 6.42 Å². The monoisotopic (exact) mass is 466 g/mol. The second-order valence-corrected chi connectivity index (χ2v) is 13.8. The topological polar surface area (TPSA) is 101 Å². The van der Waals surface area contributed by atoms with E-state index in [2.05, 4.69) is 20.8 Å². The number of aliphatic hydroxyl groups is 5. The molecule has 12 atom stereocenters. The van der Waals surface area contributed by atoms with Crippen molar-refractivity contribution in [3.8, 4) is 0 Å². The Bertz CT molecular complexity index is 720. The Balaban J connectivity index is 1.54. The minimum absolute atomic E-state index is 0.159. The maximum absolute atomic E-state index is 11.6. The predicted molar refractivity (Wildman–Crippen MR) is 129 cm³/mol. The number of fused-ring (bicyclic) bond motifs is 5. The van der Waals surface area contributed by atoms with Crippen molar-refractivity contribution in [2.24, 2.45) is 46.3 Å². The van der Waals surface area contributed by atoms with Crippen LogP contribution in [0, 0.1) is 46.3 Å². The molecule has 4 rings (SSSR count). The predicted octanol–water partition coefficient (Wildman–Crippen LogP) is 3.89. The van der Waals surface area contributed by atoms with Gasteiger partial charge in [0, 0.05) is 11.8 Å². The normalized spacial score (nSPS) is 51.9. The summed E-state index contributed by atoms with van der Waals surface area (Å²) in [5.74, 6) is 2.50. The van der Waals surface area contributed by atoms with E-state index < -0.39 is 34.9 Å². The first-order valence-corrected chi connectivity index (χ1v) is 13.6. The fraction of sp³-hybridized carbons (Fsp3) is 1.00. The first kappa shape index (κ1) is 25.9. The van der Waals surface area contributed by atoms with Crippen LogP contribution in [0.5, 0.6) is 0 Å². The Labute approximate surface area is 201 Å². The second kappa shape index (κ2) is 8.44. The van der Waals surface area contributed by atoms with E-state index in [0.717, 1.165) is 32.1 Å². The van der Waals surface area contributed by atoms with Crippen LogP contribution in [-0.4, -0.2) is 55.0 Å². The highest BCUT2D eigenvalue weighted by Gasteiger charge is 2.70. The molecule has 4 aliphatic carbocycles. The summed E-state index contributed by atoms with van der Waals surface area (Å²) in [4.78, 5) is 0. The SMILES string of the molecule is C[C@H](CC[C@H](C)C(C)(C)O)[C@H]1CC[C@H]2[C@@H]3C[C@@H](O)[C@@]4(O)C[C@@H](O)C[C@@H](O)[C@]4(C)[C@H]3CC[C@]12C. The van der Waals surface area contributed by atoms with E-state index in [0.29, 0.717) is 30.1 Å². The first-order valence-electron chi connectivity index (χ1n) is 13.6. The van der Waals surface area contributed by atoms with E-state index in [-0.39, 0.29) is 30.1 Å². The number of rotatable bonds is 5. The van der Waals surface area contributed by atoms with E-state index >= 15 is 0 Å². The first-order chi connectivity index (χ1) is 15.2. The van der Waals surface area contributed by atoms with Crippen molar-refractivity contribution in [2.45, 2.75) is 129 Å². The minimum Gasteiger partial charge on any atom is -0.393 e. The molecule has 4 saturated carbocycles. The number of hydrogen-bond acceptors (Lipinski definition) is 5. The molecule has 33 heavy (non-hydrogen) atoms. The maximum atomic E-state index is 11.6. The minimum atomic E-state index is -1.42. The molecule has 5 nitrogen and oxygen atoms in total. The number of hydrogen-bond donors (Lipinski definition) is 5. The van der Waals surface area contributed by atoms with Crippen LogP contribution in [0.1, 0.15) is 99.3 Å². The summed E-state index contributed by atoms with van der Waals surface area (Å²) in [6.07, 6.45) is 5.17. The van der Waals surface area contributed by atoms with Gasteiger partial charge in [0.2, 0.25) is 0 Å². The fourth-order valence-electron chi connectivity index (χ4n) is 9.37. The van der Waals surface area contributed by atoms with Crippen molar-refractivity contribution in [1.29, 1.82) is 0 Å². The average Bonchev–Trinajstić information content (AvgIpc) is 3.06. The molecule has 0 heterocycles. The largest absolute Gasteiger partial charge is 0.393 e. The quantitative estimate of drug-likeness (QED) is 0.423. The fourth-order valence-corrected chi connectivity index (χ4v) is 9.37. The maximum Gasteiger partial charge on any atom is 0.101 e. The second-order valence-electron chi connectivity index (χ2n) is 13.8. The summed E-state index contributed by atoms with van der Waals surface area (Å²) >= 11 is 0. The molecule has 0 radical (unpaired) electrons. The smallest absolute Gasteiger partial charge is 0.101 e. The van der Waals surface area contributed by atoms with Crippen molar-refractivity contribution in [3.63, 3.8) is 0 Å². The van der Waals surface area contributed by atoms with Crippen LogP contribution >= 0.6 is 0 Å². The van der Waals surface area contributed by atoms with Gasteiger partial charge in [0.25, 0.3) is 0 Å². The van der Waals surface area contributed by atoms with E-state index in [1.807, 2.05) is 20.8 Å². The molecule has 0 amide bonds. The van der Waals surface area contributed by atoms with E-state index in [4.69, 9.17) is 0 Å². The van der Waals surface area contributed by atoms with Crippen LogP contribution in [-0.2, 0) is 0 Å². The molecule has 0 saturated heterocycles. The highest BCUT2D eigenvalue weighted by molar-refractivity contribution is 5.19. The molecule has 0 unspecified atom stereocenters. The van der Waals surface area contributed by atoms with Crippen molar-refractivity contribution in [3.05, 3.63) is 0 Å². The molecule has 0 bridgehead atoms. The van der Waals surface area contributed by atoms with Gasteiger partial charge in [0.05, 0.1) is 23.9 Å². The van der Waals surface area contributed by atoms with Crippen LogP contribution in [0.3, 0.4) is 0 Å².